The Labute approximate surface area is 94.7 Å². The van der Waals surface area contributed by atoms with E-state index in [1.807, 2.05) is 0 Å². The van der Waals surface area contributed by atoms with Crippen LogP contribution in [0.4, 0.5) is 0 Å². The van der Waals surface area contributed by atoms with Crippen molar-refractivity contribution in [2.24, 2.45) is 0 Å². The van der Waals surface area contributed by atoms with Gasteiger partial charge in [-0.3, -0.25) is 0 Å². The minimum Gasteiger partial charge on any atom is -0.310 e. The SMILES string of the molecule is CCN1CCCC(NCC=C(C)C)CC1. The molecule has 1 fully saturated rings. The number of nitrogens with one attached hydrogen (secondary N) is 1. The third-order valence-corrected chi connectivity index (χ3v) is 3.18. The maximum atomic E-state index is 3.63. The van der Waals surface area contributed by atoms with Crippen molar-refractivity contribution < 1.29 is 0 Å². The molecule has 0 aromatic heterocycles. The lowest BCUT2D eigenvalue weighted by molar-refractivity contribution is 0.297. The summed E-state index contributed by atoms with van der Waals surface area (Å²) in [4.78, 5) is 2.56. The largest absolute Gasteiger partial charge is 0.310 e. The number of rotatable bonds is 4. The molecule has 1 heterocycles. The van der Waals surface area contributed by atoms with Crippen LogP contribution in [0.25, 0.3) is 0 Å². The van der Waals surface area contributed by atoms with Gasteiger partial charge in [0.2, 0.25) is 0 Å². The van der Waals surface area contributed by atoms with Crippen LogP contribution in [-0.4, -0.2) is 37.1 Å². The summed E-state index contributed by atoms with van der Waals surface area (Å²) in [6, 6.07) is 0.733. The van der Waals surface area contributed by atoms with E-state index >= 15 is 0 Å². The van der Waals surface area contributed by atoms with Gasteiger partial charge in [0, 0.05) is 12.6 Å². The fraction of sp³-hybridized carbons (Fsp3) is 0.846. The van der Waals surface area contributed by atoms with Crippen LogP contribution in [-0.2, 0) is 0 Å². The molecule has 1 saturated heterocycles. The highest BCUT2D eigenvalue weighted by molar-refractivity contribution is 4.95. The minimum atomic E-state index is 0.733. The van der Waals surface area contributed by atoms with Gasteiger partial charge in [-0.15, -0.1) is 0 Å². The summed E-state index contributed by atoms with van der Waals surface area (Å²) >= 11 is 0. The van der Waals surface area contributed by atoms with Crippen molar-refractivity contribution >= 4 is 0 Å². The van der Waals surface area contributed by atoms with Gasteiger partial charge in [-0.05, 0) is 52.7 Å². The van der Waals surface area contributed by atoms with Crippen molar-refractivity contribution in [2.45, 2.75) is 46.1 Å². The van der Waals surface area contributed by atoms with Crippen molar-refractivity contribution in [1.82, 2.24) is 10.2 Å². The molecular formula is C13H26N2. The van der Waals surface area contributed by atoms with E-state index in [0.29, 0.717) is 0 Å². The van der Waals surface area contributed by atoms with Crippen molar-refractivity contribution in [1.29, 1.82) is 0 Å². The van der Waals surface area contributed by atoms with Crippen LogP contribution in [0.2, 0.25) is 0 Å². The van der Waals surface area contributed by atoms with Gasteiger partial charge in [-0.25, -0.2) is 0 Å². The van der Waals surface area contributed by atoms with Crippen molar-refractivity contribution in [3.05, 3.63) is 11.6 Å². The van der Waals surface area contributed by atoms with E-state index in [1.165, 1.54) is 44.5 Å². The first-order chi connectivity index (χ1) is 7.22. The second kappa shape index (κ2) is 7.02. The lowest BCUT2D eigenvalue weighted by atomic mass is 10.1. The maximum Gasteiger partial charge on any atom is 0.0139 e. The molecule has 0 radical (unpaired) electrons. The van der Waals surface area contributed by atoms with E-state index in [4.69, 9.17) is 0 Å². The Balaban J connectivity index is 2.22. The Morgan fingerprint density at radius 2 is 2.13 bits per heavy atom. The molecule has 0 spiro atoms. The Kier molecular flexibility index (Phi) is 5.96. The zero-order chi connectivity index (χ0) is 11.1. The first-order valence-electron chi connectivity index (χ1n) is 6.31. The van der Waals surface area contributed by atoms with E-state index < -0.39 is 0 Å². The van der Waals surface area contributed by atoms with E-state index in [-0.39, 0.29) is 0 Å². The number of hydrogen-bond donors (Lipinski definition) is 1. The summed E-state index contributed by atoms with van der Waals surface area (Å²) in [6.45, 7) is 11.4. The number of likely N-dealkylation sites (tertiary alicyclic amines) is 1. The second-order valence-corrected chi connectivity index (χ2v) is 4.75. The molecule has 0 saturated carbocycles. The average molecular weight is 210 g/mol. The quantitative estimate of drug-likeness (QED) is 0.717. The standard InChI is InChI=1S/C13H26N2/c1-4-15-10-5-6-13(8-11-15)14-9-7-12(2)3/h7,13-14H,4-6,8-11H2,1-3H3. The van der Waals surface area contributed by atoms with Crippen LogP contribution in [0, 0.1) is 0 Å². The molecule has 2 nitrogen and oxygen atoms in total. The van der Waals surface area contributed by atoms with E-state index in [9.17, 15) is 0 Å². The first-order valence-corrected chi connectivity index (χ1v) is 6.31. The fourth-order valence-corrected chi connectivity index (χ4v) is 2.11. The molecule has 0 bridgehead atoms. The molecule has 2 heteroatoms. The Morgan fingerprint density at radius 3 is 2.80 bits per heavy atom. The van der Waals surface area contributed by atoms with Gasteiger partial charge in [0.15, 0.2) is 0 Å². The zero-order valence-electron chi connectivity index (χ0n) is 10.6. The molecule has 15 heavy (non-hydrogen) atoms. The highest BCUT2D eigenvalue weighted by Crippen LogP contribution is 2.10. The minimum absolute atomic E-state index is 0.733. The number of allylic oxidation sites excluding steroid dienone is 1. The Morgan fingerprint density at radius 1 is 1.33 bits per heavy atom. The molecule has 1 rings (SSSR count). The van der Waals surface area contributed by atoms with Gasteiger partial charge in [0.05, 0.1) is 0 Å². The van der Waals surface area contributed by atoms with Crippen molar-refractivity contribution in [3.63, 3.8) is 0 Å². The average Bonchev–Trinajstić information content (AvgIpc) is 2.42. The van der Waals surface area contributed by atoms with Crippen LogP contribution in [0.5, 0.6) is 0 Å². The molecule has 88 valence electrons. The molecule has 1 aliphatic rings. The molecule has 1 atom stereocenters. The third kappa shape index (κ3) is 5.33. The van der Waals surface area contributed by atoms with Crippen LogP contribution < -0.4 is 5.32 Å². The lowest BCUT2D eigenvalue weighted by Crippen LogP contribution is -2.31. The van der Waals surface area contributed by atoms with Gasteiger partial charge in [0.25, 0.3) is 0 Å². The van der Waals surface area contributed by atoms with Crippen molar-refractivity contribution in [2.75, 3.05) is 26.2 Å². The molecule has 1 N–H and O–H groups in total. The van der Waals surface area contributed by atoms with E-state index in [2.05, 4.69) is 37.1 Å². The molecule has 0 amide bonds. The highest BCUT2D eigenvalue weighted by Gasteiger charge is 2.14. The van der Waals surface area contributed by atoms with E-state index in [1.54, 1.807) is 0 Å². The van der Waals surface area contributed by atoms with Gasteiger partial charge in [-0.1, -0.05) is 18.6 Å². The highest BCUT2D eigenvalue weighted by atomic mass is 15.1. The predicted octanol–water partition coefficient (Wildman–Crippen LogP) is 2.42. The summed E-state index contributed by atoms with van der Waals surface area (Å²) < 4.78 is 0. The maximum absolute atomic E-state index is 3.63. The topological polar surface area (TPSA) is 15.3 Å². The van der Waals surface area contributed by atoms with E-state index in [0.717, 1.165) is 12.6 Å². The summed E-state index contributed by atoms with van der Waals surface area (Å²) in [5, 5.41) is 3.63. The molecule has 1 unspecified atom stereocenters. The molecule has 0 aliphatic carbocycles. The van der Waals surface area contributed by atoms with Gasteiger partial charge < -0.3 is 10.2 Å². The summed E-state index contributed by atoms with van der Waals surface area (Å²) in [6.07, 6.45) is 6.28. The van der Waals surface area contributed by atoms with Gasteiger partial charge >= 0.3 is 0 Å². The van der Waals surface area contributed by atoms with Gasteiger partial charge in [0.1, 0.15) is 0 Å². The number of nitrogens with zero attached hydrogens (tertiary/aromatic N) is 1. The second-order valence-electron chi connectivity index (χ2n) is 4.75. The molecule has 0 aromatic rings. The molecular weight excluding hydrogens is 184 g/mol. The summed E-state index contributed by atoms with van der Waals surface area (Å²) in [5.41, 5.74) is 1.41. The lowest BCUT2D eigenvalue weighted by Gasteiger charge is -2.17. The smallest absolute Gasteiger partial charge is 0.0139 e. The number of hydrogen-bond acceptors (Lipinski definition) is 2. The Bertz CT molecular complexity index is 195. The predicted molar refractivity (Wildman–Crippen MR) is 67.2 cm³/mol. The Hall–Kier alpha value is -0.340. The van der Waals surface area contributed by atoms with Crippen LogP contribution in [0.15, 0.2) is 11.6 Å². The van der Waals surface area contributed by atoms with Crippen LogP contribution in [0.3, 0.4) is 0 Å². The van der Waals surface area contributed by atoms with Gasteiger partial charge in [-0.2, -0.15) is 0 Å². The fourth-order valence-electron chi connectivity index (χ4n) is 2.11. The van der Waals surface area contributed by atoms with Crippen molar-refractivity contribution in [3.8, 4) is 0 Å². The van der Waals surface area contributed by atoms with Crippen LogP contribution >= 0.6 is 0 Å². The van der Waals surface area contributed by atoms with Crippen LogP contribution in [0.1, 0.15) is 40.0 Å². The summed E-state index contributed by atoms with van der Waals surface area (Å²) in [7, 11) is 0. The summed E-state index contributed by atoms with van der Waals surface area (Å²) in [5.74, 6) is 0. The molecule has 1 aliphatic heterocycles. The normalized spacial score (nSPS) is 23.5. The monoisotopic (exact) mass is 210 g/mol. The first kappa shape index (κ1) is 12.7. The zero-order valence-corrected chi connectivity index (χ0v) is 10.6. The third-order valence-electron chi connectivity index (χ3n) is 3.18. The molecule has 0 aromatic carbocycles.